The molecule has 0 aliphatic heterocycles. The van der Waals surface area contributed by atoms with Gasteiger partial charge in [-0.15, -0.1) is 0 Å². The maximum atomic E-state index is 6.47. The molecule has 0 spiro atoms. The second-order valence-corrected chi connectivity index (χ2v) is 16.8. The molecular formula is C64H43NO. The lowest BCUT2D eigenvalue weighted by Crippen LogP contribution is -2.10. The third-order valence-electron chi connectivity index (χ3n) is 12.9. The van der Waals surface area contributed by atoms with Gasteiger partial charge in [0.05, 0.1) is 0 Å². The molecule has 12 aromatic rings. The minimum absolute atomic E-state index is 0.900. The van der Waals surface area contributed by atoms with Gasteiger partial charge in [-0.2, -0.15) is 0 Å². The zero-order valence-corrected chi connectivity index (χ0v) is 36.2. The monoisotopic (exact) mass is 841 g/mol. The number of hydrogen-bond acceptors (Lipinski definition) is 2. The van der Waals surface area contributed by atoms with E-state index < -0.39 is 0 Å². The van der Waals surface area contributed by atoms with Gasteiger partial charge < -0.3 is 9.32 Å². The minimum Gasteiger partial charge on any atom is -0.455 e. The van der Waals surface area contributed by atoms with Crippen LogP contribution in [0, 0.1) is 0 Å². The number of rotatable bonds is 9. The topological polar surface area (TPSA) is 16.4 Å². The summed E-state index contributed by atoms with van der Waals surface area (Å²) in [6, 6.07) is 93.8. The van der Waals surface area contributed by atoms with Crippen molar-refractivity contribution in [3.05, 3.63) is 261 Å². The van der Waals surface area contributed by atoms with E-state index >= 15 is 0 Å². The lowest BCUT2D eigenvalue weighted by Gasteiger charge is -2.27. The van der Waals surface area contributed by atoms with Gasteiger partial charge in [-0.05, 0) is 114 Å². The first-order chi connectivity index (χ1) is 32.7. The van der Waals surface area contributed by atoms with Crippen molar-refractivity contribution >= 4 is 49.8 Å². The van der Waals surface area contributed by atoms with Gasteiger partial charge in [0.1, 0.15) is 11.2 Å². The fourth-order valence-electron chi connectivity index (χ4n) is 9.80. The van der Waals surface area contributed by atoms with Gasteiger partial charge in [0.25, 0.3) is 0 Å². The van der Waals surface area contributed by atoms with Crippen LogP contribution in [0.4, 0.5) is 17.1 Å². The van der Waals surface area contributed by atoms with Crippen LogP contribution in [-0.2, 0) is 0 Å². The summed E-state index contributed by atoms with van der Waals surface area (Å²) in [6.45, 7) is 0. The van der Waals surface area contributed by atoms with Gasteiger partial charge in [0.15, 0.2) is 0 Å². The third-order valence-corrected chi connectivity index (χ3v) is 12.9. The number of fused-ring (bicyclic) bond motifs is 4. The van der Waals surface area contributed by atoms with Crippen molar-refractivity contribution in [2.75, 3.05) is 4.90 Å². The second-order valence-electron chi connectivity index (χ2n) is 16.8. The highest BCUT2D eigenvalue weighted by Crippen LogP contribution is 2.44. The summed E-state index contributed by atoms with van der Waals surface area (Å²) in [4.78, 5) is 2.37. The van der Waals surface area contributed by atoms with E-state index in [4.69, 9.17) is 4.42 Å². The summed E-state index contributed by atoms with van der Waals surface area (Å²) in [5.41, 5.74) is 19.1. The molecule has 0 aliphatic rings. The maximum Gasteiger partial charge on any atom is 0.143 e. The number of furan rings is 1. The van der Waals surface area contributed by atoms with E-state index in [-0.39, 0.29) is 0 Å². The first-order valence-corrected chi connectivity index (χ1v) is 22.6. The molecule has 2 heteroatoms. The van der Waals surface area contributed by atoms with Crippen LogP contribution in [-0.4, -0.2) is 0 Å². The molecule has 0 unspecified atom stereocenters. The minimum atomic E-state index is 0.900. The number of nitrogens with zero attached hydrogens (tertiary/aromatic N) is 1. The molecule has 0 radical (unpaired) electrons. The van der Waals surface area contributed by atoms with Gasteiger partial charge in [-0.3, -0.25) is 0 Å². The lowest BCUT2D eigenvalue weighted by molar-refractivity contribution is 0.670. The van der Waals surface area contributed by atoms with Crippen molar-refractivity contribution in [1.82, 2.24) is 0 Å². The van der Waals surface area contributed by atoms with E-state index in [1.165, 1.54) is 60.8 Å². The van der Waals surface area contributed by atoms with E-state index in [0.29, 0.717) is 0 Å². The van der Waals surface area contributed by atoms with Crippen molar-refractivity contribution in [3.8, 4) is 66.8 Å². The van der Waals surface area contributed by atoms with Gasteiger partial charge in [0, 0.05) is 33.4 Å². The Morgan fingerprint density at radius 1 is 0.242 bits per heavy atom. The number of hydrogen-bond donors (Lipinski definition) is 0. The van der Waals surface area contributed by atoms with Gasteiger partial charge in [-0.25, -0.2) is 0 Å². The average Bonchev–Trinajstić information content (AvgIpc) is 3.79. The van der Waals surface area contributed by atoms with Crippen LogP contribution in [0.5, 0.6) is 0 Å². The number of anilines is 3. The molecule has 2 nitrogen and oxygen atoms in total. The largest absolute Gasteiger partial charge is 0.455 e. The van der Waals surface area contributed by atoms with Crippen LogP contribution in [0.3, 0.4) is 0 Å². The highest BCUT2D eigenvalue weighted by atomic mass is 16.3. The molecule has 0 fully saturated rings. The predicted molar refractivity (Wildman–Crippen MR) is 279 cm³/mol. The molecule has 0 aliphatic carbocycles. The van der Waals surface area contributed by atoms with Crippen LogP contribution in [0.2, 0.25) is 0 Å². The Morgan fingerprint density at radius 3 is 1.33 bits per heavy atom. The van der Waals surface area contributed by atoms with E-state index in [9.17, 15) is 0 Å². The lowest BCUT2D eigenvalue weighted by atomic mass is 9.87. The van der Waals surface area contributed by atoms with Crippen molar-refractivity contribution < 1.29 is 4.42 Å². The van der Waals surface area contributed by atoms with E-state index in [0.717, 1.165) is 55.7 Å². The summed E-state index contributed by atoms with van der Waals surface area (Å²) in [5, 5.41) is 4.72. The second kappa shape index (κ2) is 16.8. The zero-order valence-electron chi connectivity index (χ0n) is 36.2. The molecule has 1 aromatic heterocycles. The molecule has 0 amide bonds. The highest BCUT2D eigenvalue weighted by molar-refractivity contribution is 6.09. The van der Waals surface area contributed by atoms with Crippen molar-refractivity contribution in [3.63, 3.8) is 0 Å². The maximum absolute atomic E-state index is 6.47. The molecule has 11 aromatic carbocycles. The Kier molecular flexibility index (Phi) is 9.89. The molecule has 0 N–H and O–H groups in total. The standard InChI is InChI=1S/C64H43NO/c1-2-17-44(18-3-1)53-24-6-8-26-57(53)59-28-10-11-29-60(59)58-27-9-7-25-54(58)46-35-39-49(40-36-46)65(51-22-14-21-48(43-51)55-31-15-20-45-19-4-5-23-52(45)55)50-41-37-47(38-42-50)56-32-16-33-62-61-30-12-13-34-63(61)66-64(56)62/h1-43H. The molecule has 310 valence electrons. The van der Waals surface area contributed by atoms with E-state index in [1.54, 1.807) is 0 Å². The Hall–Kier alpha value is -8.72. The summed E-state index contributed by atoms with van der Waals surface area (Å²) in [7, 11) is 0. The first-order valence-electron chi connectivity index (χ1n) is 22.6. The number of para-hydroxylation sites is 2. The van der Waals surface area contributed by atoms with Crippen molar-refractivity contribution in [1.29, 1.82) is 0 Å². The Morgan fingerprint density at radius 2 is 0.667 bits per heavy atom. The molecule has 0 saturated heterocycles. The molecule has 0 atom stereocenters. The van der Waals surface area contributed by atoms with Gasteiger partial charge in [0.2, 0.25) is 0 Å². The van der Waals surface area contributed by atoms with Crippen LogP contribution < -0.4 is 4.90 Å². The molecular weight excluding hydrogens is 799 g/mol. The fraction of sp³-hybridized carbons (Fsp3) is 0. The Bertz CT molecular complexity index is 3690. The molecule has 0 saturated carbocycles. The van der Waals surface area contributed by atoms with E-state index in [2.05, 4.69) is 254 Å². The summed E-state index contributed by atoms with van der Waals surface area (Å²) < 4.78 is 6.47. The highest BCUT2D eigenvalue weighted by Gasteiger charge is 2.19. The Balaban J connectivity index is 0.957. The summed E-state index contributed by atoms with van der Waals surface area (Å²) in [5.74, 6) is 0. The van der Waals surface area contributed by atoms with Gasteiger partial charge >= 0.3 is 0 Å². The fourth-order valence-corrected chi connectivity index (χ4v) is 9.80. The van der Waals surface area contributed by atoms with Crippen LogP contribution >= 0.6 is 0 Å². The van der Waals surface area contributed by atoms with Crippen LogP contribution in [0.1, 0.15) is 0 Å². The summed E-state index contributed by atoms with van der Waals surface area (Å²) in [6.07, 6.45) is 0. The Labute approximate surface area is 384 Å². The van der Waals surface area contributed by atoms with Crippen molar-refractivity contribution in [2.45, 2.75) is 0 Å². The normalized spacial score (nSPS) is 11.3. The summed E-state index contributed by atoms with van der Waals surface area (Å²) >= 11 is 0. The predicted octanol–water partition coefficient (Wildman–Crippen LogP) is 18.2. The van der Waals surface area contributed by atoms with Crippen molar-refractivity contribution in [2.24, 2.45) is 0 Å². The average molecular weight is 842 g/mol. The molecule has 12 rings (SSSR count). The zero-order chi connectivity index (χ0) is 43.8. The first kappa shape index (κ1) is 38.9. The quantitative estimate of drug-likeness (QED) is 0.144. The molecule has 66 heavy (non-hydrogen) atoms. The van der Waals surface area contributed by atoms with Gasteiger partial charge in [-0.1, -0.05) is 218 Å². The van der Waals surface area contributed by atoms with Crippen LogP contribution in [0.25, 0.3) is 99.5 Å². The molecule has 0 bridgehead atoms. The van der Waals surface area contributed by atoms with Crippen LogP contribution in [0.15, 0.2) is 265 Å². The number of benzene rings is 11. The third kappa shape index (κ3) is 7.02. The SMILES string of the molecule is c1ccc(-c2ccccc2-c2ccccc2-c2ccccc2-c2ccc(N(c3ccc(-c4cccc5c4oc4ccccc45)cc3)c3cccc(-c4cccc5ccccc45)c3)cc2)cc1. The molecule has 1 heterocycles. The van der Waals surface area contributed by atoms with E-state index in [1.807, 2.05) is 12.1 Å². The smallest absolute Gasteiger partial charge is 0.143 e.